The van der Waals surface area contributed by atoms with Gasteiger partial charge >= 0.3 is 0 Å². The van der Waals surface area contributed by atoms with Gasteiger partial charge in [0.05, 0.1) is 34.1 Å². The number of rotatable bonds is 8. The summed E-state index contributed by atoms with van der Waals surface area (Å²) in [5.41, 5.74) is 1.86. The molecule has 2 aromatic carbocycles. The van der Waals surface area contributed by atoms with Crippen LogP contribution < -0.4 is 19.5 Å². The van der Waals surface area contributed by atoms with E-state index < -0.39 is 0 Å². The van der Waals surface area contributed by atoms with Gasteiger partial charge in [-0.15, -0.1) is 0 Å². The lowest BCUT2D eigenvalue weighted by Gasteiger charge is -2.14. The van der Waals surface area contributed by atoms with E-state index in [1.54, 1.807) is 38.3 Å². The first-order valence-corrected chi connectivity index (χ1v) is 9.77. The Kier molecular flexibility index (Phi) is 5.79. The summed E-state index contributed by atoms with van der Waals surface area (Å²) in [5, 5.41) is 8.31. The molecule has 0 atom stereocenters. The van der Waals surface area contributed by atoms with Gasteiger partial charge < -0.3 is 24.1 Å². The smallest absolute Gasteiger partial charge is 0.245 e. The quantitative estimate of drug-likeness (QED) is 0.472. The number of carbonyl (C=O) groups excluding carboxylic acids is 1. The van der Waals surface area contributed by atoms with Crippen molar-refractivity contribution in [1.82, 2.24) is 14.3 Å². The molecule has 0 aliphatic carbocycles. The van der Waals surface area contributed by atoms with Crippen LogP contribution in [0.5, 0.6) is 17.2 Å². The first-order valence-electron chi connectivity index (χ1n) is 9.77. The molecule has 0 fully saturated rings. The van der Waals surface area contributed by atoms with Crippen molar-refractivity contribution >= 4 is 22.6 Å². The summed E-state index contributed by atoms with van der Waals surface area (Å²) in [5.74, 6) is 2.54. The summed E-state index contributed by atoms with van der Waals surface area (Å²) in [7, 11) is 4.84. The highest BCUT2D eigenvalue weighted by molar-refractivity contribution is 5.91. The van der Waals surface area contributed by atoms with Crippen molar-refractivity contribution in [3.63, 3.8) is 0 Å². The lowest BCUT2D eigenvalue weighted by molar-refractivity contribution is -0.116. The zero-order valence-corrected chi connectivity index (χ0v) is 17.7. The van der Waals surface area contributed by atoms with E-state index in [1.165, 1.54) is 0 Å². The number of hydrogen-bond acceptors (Lipinski definition) is 5. The normalized spacial score (nSPS) is 10.8. The Morgan fingerprint density at radius 2 is 1.90 bits per heavy atom. The second-order valence-electron chi connectivity index (χ2n) is 6.94. The first kappa shape index (κ1) is 20.3. The highest BCUT2D eigenvalue weighted by atomic mass is 16.5. The molecule has 0 saturated heterocycles. The van der Waals surface area contributed by atoms with E-state index in [9.17, 15) is 4.79 Å². The minimum absolute atomic E-state index is 0.146. The van der Waals surface area contributed by atoms with Gasteiger partial charge in [0.2, 0.25) is 5.91 Å². The molecule has 0 radical (unpaired) electrons. The number of nitrogens with zero attached hydrogens (tertiary/aromatic N) is 3. The fraction of sp³-hybridized carbons (Fsp3) is 0.217. The molecule has 160 valence electrons. The van der Waals surface area contributed by atoms with Crippen LogP contribution in [0.15, 0.2) is 60.9 Å². The number of benzene rings is 2. The van der Waals surface area contributed by atoms with Crippen LogP contribution in [0.25, 0.3) is 10.9 Å². The largest absolute Gasteiger partial charge is 0.497 e. The van der Waals surface area contributed by atoms with Gasteiger partial charge in [0, 0.05) is 28.7 Å². The van der Waals surface area contributed by atoms with E-state index in [2.05, 4.69) is 10.4 Å². The number of nitrogens with one attached hydrogen (secondary N) is 1. The van der Waals surface area contributed by atoms with Crippen LogP contribution in [0.3, 0.4) is 0 Å². The van der Waals surface area contributed by atoms with E-state index in [0.717, 1.165) is 22.2 Å². The van der Waals surface area contributed by atoms with Crippen LogP contribution in [-0.2, 0) is 17.9 Å². The van der Waals surface area contributed by atoms with Gasteiger partial charge in [-0.2, -0.15) is 5.10 Å². The zero-order valence-electron chi connectivity index (χ0n) is 17.7. The van der Waals surface area contributed by atoms with Crippen LogP contribution in [0.1, 0.15) is 5.56 Å². The minimum atomic E-state index is -0.146. The molecular weight excluding hydrogens is 396 g/mol. The molecule has 0 unspecified atom stereocenters. The molecule has 0 saturated carbocycles. The van der Waals surface area contributed by atoms with Crippen molar-refractivity contribution in [3.05, 3.63) is 66.5 Å². The van der Waals surface area contributed by atoms with Crippen LogP contribution in [0.2, 0.25) is 0 Å². The molecule has 0 aliphatic heterocycles. The Morgan fingerprint density at radius 1 is 1.03 bits per heavy atom. The predicted molar refractivity (Wildman–Crippen MR) is 118 cm³/mol. The van der Waals surface area contributed by atoms with Crippen molar-refractivity contribution in [2.75, 3.05) is 26.6 Å². The maximum atomic E-state index is 12.7. The third kappa shape index (κ3) is 4.18. The number of methoxy groups -OCH3 is 3. The molecule has 0 spiro atoms. The molecule has 2 aromatic heterocycles. The van der Waals surface area contributed by atoms with Crippen LogP contribution >= 0.6 is 0 Å². The van der Waals surface area contributed by atoms with Gasteiger partial charge in [-0.3, -0.25) is 4.79 Å². The third-order valence-electron chi connectivity index (χ3n) is 5.08. The SMILES string of the molecule is COc1ccc2c(ccn2CC(=O)Nc2ccnn2Cc2cccc(OC)c2OC)c1. The Labute approximate surface area is 179 Å². The number of aromatic nitrogens is 3. The van der Waals surface area contributed by atoms with E-state index in [-0.39, 0.29) is 12.5 Å². The van der Waals surface area contributed by atoms with Crippen LogP contribution in [-0.4, -0.2) is 41.6 Å². The molecule has 8 nitrogen and oxygen atoms in total. The maximum Gasteiger partial charge on any atom is 0.245 e. The molecule has 0 aliphatic rings. The summed E-state index contributed by atoms with van der Waals surface area (Å²) >= 11 is 0. The second-order valence-corrected chi connectivity index (χ2v) is 6.94. The monoisotopic (exact) mass is 420 g/mol. The van der Waals surface area contributed by atoms with Gasteiger partial charge in [0.25, 0.3) is 0 Å². The fourth-order valence-corrected chi connectivity index (χ4v) is 3.58. The van der Waals surface area contributed by atoms with Gasteiger partial charge in [0.1, 0.15) is 18.1 Å². The van der Waals surface area contributed by atoms with Gasteiger partial charge in [-0.25, -0.2) is 4.68 Å². The molecule has 31 heavy (non-hydrogen) atoms. The lowest BCUT2D eigenvalue weighted by Crippen LogP contribution is -2.20. The third-order valence-corrected chi connectivity index (χ3v) is 5.08. The molecule has 2 heterocycles. The molecule has 4 aromatic rings. The first-order chi connectivity index (χ1) is 15.1. The van der Waals surface area contributed by atoms with E-state index in [0.29, 0.717) is 23.9 Å². The summed E-state index contributed by atoms with van der Waals surface area (Å²) in [4.78, 5) is 12.7. The second kappa shape index (κ2) is 8.83. The Morgan fingerprint density at radius 3 is 2.68 bits per heavy atom. The molecule has 0 bridgehead atoms. The van der Waals surface area contributed by atoms with Crippen molar-refractivity contribution in [1.29, 1.82) is 0 Å². The average Bonchev–Trinajstić information content (AvgIpc) is 3.39. The van der Waals surface area contributed by atoms with Crippen molar-refractivity contribution in [2.24, 2.45) is 0 Å². The number of carbonyl (C=O) groups is 1. The molecule has 4 rings (SSSR count). The molecule has 1 N–H and O–H groups in total. The van der Waals surface area contributed by atoms with Gasteiger partial charge in [-0.05, 0) is 30.3 Å². The van der Waals surface area contributed by atoms with Crippen molar-refractivity contribution in [2.45, 2.75) is 13.1 Å². The van der Waals surface area contributed by atoms with Crippen LogP contribution in [0.4, 0.5) is 5.82 Å². The fourth-order valence-electron chi connectivity index (χ4n) is 3.58. The number of anilines is 1. The Balaban J connectivity index is 1.49. The van der Waals surface area contributed by atoms with Gasteiger partial charge in [0.15, 0.2) is 11.5 Å². The number of hydrogen-bond donors (Lipinski definition) is 1. The lowest BCUT2D eigenvalue weighted by atomic mass is 10.2. The van der Waals surface area contributed by atoms with Crippen LogP contribution in [0, 0.1) is 0 Å². The minimum Gasteiger partial charge on any atom is -0.497 e. The molecular formula is C23H24N4O4. The Hall–Kier alpha value is -3.94. The molecule has 1 amide bonds. The highest BCUT2D eigenvalue weighted by Gasteiger charge is 2.14. The van der Waals surface area contributed by atoms with E-state index in [1.807, 2.05) is 53.2 Å². The average molecular weight is 420 g/mol. The summed E-state index contributed by atoms with van der Waals surface area (Å²) < 4.78 is 19.7. The Bertz CT molecular complexity index is 1210. The number of amides is 1. The number of fused-ring (bicyclic) bond motifs is 1. The standard InChI is InChI=1S/C23H24N4O4/c1-29-18-7-8-19-16(13-18)10-12-26(19)15-22(28)25-21-9-11-24-27(21)14-17-5-4-6-20(30-2)23(17)31-3/h4-13H,14-15H2,1-3H3,(H,25,28). The maximum absolute atomic E-state index is 12.7. The molecule has 8 heteroatoms. The van der Waals surface area contributed by atoms with E-state index in [4.69, 9.17) is 14.2 Å². The predicted octanol–water partition coefficient (Wildman–Crippen LogP) is 3.55. The van der Waals surface area contributed by atoms with Gasteiger partial charge in [-0.1, -0.05) is 12.1 Å². The topological polar surface area (TPSA) is 79.5 Å². The summed E-state index contributed by atoms with van der Waals surface area (Å²) in [6.07, 6.45) is 3.54. The highest BCUT2D eigenvalue weighted by Crippen LogP contribution is 2.31. The zero-order chi connectivity index (χ0) is 21.8. The number of ether oxygens (including phenoxy) is 3. The summed E-state index contributed by atoms with van der Waals surface area (Å²) in [6.45, 7) is 0.610. The number of para-hydroxylation sites is 1. The summed E-state index contributed by atoms with van der Waals surface area (Å²) in [6, 6.07) is 15.2. The van der Waals surface area contributed by atoms with Crippen molar-refractivity contribution < 1.29 is 19.0 Å². The van der Waals surface area contributed by atoms with E-state index >= 15 is 0 Å². The van der Waals surface area contributed by atoms with Crippen molar-refractivity contribution in [3.8, 4) is 17.2 Å².